The standard InChI is InChI=1S/C18H17ClN2O2/c1-18(23-2,15-7-4-8-16(19)10-15)12-21-17(22)14-6-3-5-13(9-14)11-20/h3-10H,12H2,1-2H3,(H,21,22)/t18-/m1/s1. The highest BCUT2D eigenvalue weighted by Crippen LogP contribution is 2.26. The summed E-state index contributed by atoms with van der Waals surface area (Å²) in [6.45, 7) is 2.16. The third-order valence-electron chi connectivity index (χ3n) is 3.73. The van der Waals surface area contributed by atoms with Gasteiger partial charge in [0.1, 0.15) is 5.60 Å². The quantitative estimate of drug-likeness (QED) is 0.913. The van der Waals surface area contributed by atoms with E-state index in [4.69, 9.17) is 21.6 Å². The average Bonchev–Trinajstić information content (AvgIpc) is 2.59. The van der Waals surface area contributed by atoms with Crippen LogP contribution in [0.1, 0.15) is 28.4 Å². The van der Waals surface area contributed by atoms with E-state index in [2.05, 4.69) is 5.32 Å². The Balaban J connectivity index is 2.13. The van der Waals surface area contributed by atoms with E-state index < -0.39 is 5.60 Å². The summed E-state index contributed by atoms with van der Waals surface area (Å²) in [7, 11) is 1.59. The van der Waals surface area contributed by atoms with Crippen LogP contribution < -0.4 is 5.32 Å². The zero-order valence-corrected chi connectivity index (χ0v) is 13.7. The minimum atomic E-state index is -0.701. The van der Waals surface area contributed by atoms with Gasteiger partial charge in [-0.15, -0.1) is 0 Å². The van der Waals surface area contributed by atoms with Crippen molar-refractivity contribution in [3.05, 3.63) is 70.2 Å². The highest BCUT2D eigenvalue weighted by molar-refractivity contribution is 6.30. The molecular formula is C18H17ClN2O2. The fourth-order valence-corrected chi connectivity index (χ4v) is 2.38. The van der Waals surface area contributed by atoms with Crippen LogP contribution in [0.15, 0.2) is 48.5 Å². The fraction of sp³-hybridized carbons (Fsp3) is 0.222. The SMILES string of the molecule is CO[C@](C)(CNC(=O)c1cccc(C#N)c1)c1cccc(Cl)c1. The Labute approximate surface area is 140 Å². The second-order valence-corrected chi connectivity index (χ2v) is 5.76. The van der Waals surface area contributed by atoms with E-state index in [1.54, 1.807) is 37.4 Å². The van der Waals surface area contributed by atoms with E-state index in [0.717, 1.165) is 5.56 Å². The first-order chi connectivity index (χ1) is 11.0. The summed E-state index contributed by atoms with van der Waals surface area (Å²) in [5, 5.41) is 12.4. The van der Waals surface area contributed by atoms with Gasteiger partial charge in [-0.2, -0.15) is 5.26 Å². The number of carbonyl (C=O) groups is 1. The van der Waals surface area contributed by atoms with Gasteiger partial charge in [0.2, 0.25) is 0 Å². The summed E-state index contributed by atoms with van der Waals surface area (Å²) >= 11 is 6.03. The molecule has 0 heterocycles. The normalized spacial score (nSPS) is 13.0. The summed E-state index contributed by atoms with van der Waals surface area (Å²) in [5.41, 5.74) is 1.06. The molecule has 0 radical (unpaired) electrons. The molecule has 0 aliphatic carbocycles. The largest absolute Gasteiger partial charge is 0.372 e. The van der Waals surface area contributed by atoms with Crippen LogP contribution in [-0.4, -0.2) is 19.6 Å². The summed E-state index contributed by atoms with van der Waals surface area (Å²) in [4.78, 5) is 12.3. The van der Waals surface area contributed by atoms with Crippen LogP contribution in [0.4, 0.5) is 0 Å². The van der Waals surface area contributed by atoms with E-state index in [-0.39, 0.29) is 12.5 Å². The predicted octanol–water partition coefficient (Wildman–Crippen LogP) is 3.50. The molecule has 2 rings (SSSR count). The monoisotopic (exact) mass is 328 g/mol. The van der Waals surface area contributed by atoms with Crippen molar-refractivity contribution >= 4 is 17.5 Å². The second kappa shape index (κ2) is 7.28. The van der Waals surface area contributed by atoms with Crippen molar-refractivity contribution in [1.29, 1.82) is 5.26 Å². The Bertz CT molecular complexity index is 755. The molecule has 0 aliphatic heterocycles. The van der Waals surface area contributed by atoms with E-state index >= 15 is 0 Å². The number of amides is 1. The number of halogens is 1. The molecule has 4 nitrogen and oxygen atoms in total. The number of rotatable bonds is 5. The number of nitrogens with one attached hydrogen (secondary N) is 1. The predicted molar refractivity (Wildman–Crippen MR) is 89.3 cm³/mol. The van der Waals surface area contributed by atoms with Crippen LogP contribution in [-0.2, 0) is 10.3 Å². The average molecular weight is 329 g/mol. The van der Waals surface area contributed by atoms with Crippen molar-refractivity contribution < 1.29 is 9.53 Å². The van der Waals surface area contributed by atoms with E-state index in [9.17, 15) is 4.79 Å². The molecule has 0 aromatic heterocycles. The first-order valence-corrected chi connectivity index (χ1v) is 7.46. The number of carbonyl (C=O) groups excluding carboxylic acids is 1. The Morgan fingerprint density at radius 1 is 1.30 bits per heavy atom. The lowest BCUT2D eigenvalue weighted by Crippen LogP contribution is -2.40. The van der Waals surface area contributed by atoms with E-state index in [0.29, 0.717) is 16.1 Å². The third kappa shape index (κ3) is 4.10. The van der Waals surface area contributed by atoms with Gasteiger partial charge in [0.25, 0.3) is 5.91 Å². The molecule has 0 aliphatic rings. The number of benzene rings is 2. The lowest BCUT2D eigenvalue weighted by atomic mass is 9.95. The molecule has 118 valence electrons. The maximum atomic E-state index is 12.3. The molecule has 1 atom stereocenters. The molecule has 0 fully saturated rings. The number of nitrogens with zero attached hydrogens (tertiary/aromatic N) is 1. The number of methoxy groups -OCH3 is 1. The van der Waals surface area contributed by atoms with Crippen molar-refractivity contribution in [2.75, 3.05) is 13.7 Å². The Morgan fingerprint density at radius 2 is 2.04 bits per heavy atom. The van der Waals surface area contributed by atoms with E-state index in [1.165, 1.54) is 0 Å². The molecule has 1 N–H and O–H groups in total. The fourth-order valence-electron chi connectivity index (χ4n) is 2.19. The van der Waals surface area contributed by atoms with Gasteiger partial charge in [-0.1, -0.05) is 29.8 Å². The first kappa shape index (κ1) is 17.0. The Kier molecular flexibility index (Phi) is 5.38. The molecule has 0 saturated carbocycles. The van der Waals surface area contributed by atoms with Crippen LogP contribution >= 0.6 is 11.6 Å². The molecule has 0 spiro atoms. The molecule has 0 bridgehead atoms. The van der Waals surface area contributed by atoms with Crippen molar-refractivity contribution in [2.24, 2.45) is 0 Å². The zero-order valence-electron chi connectivity index (χ0n) is 13.0. The lowest BCUT2D eigenvalue weighted by molar-refractivity contribution is 0.00315. The van der Waals surface area contributed by atoms with Crippen molar-refractivity contribution in [1.82, 2.24) is 5.32 Å². The molecule has 5 heteroatoms. The second-order valence-electron chi connectivity index (χ2n) is 5.32. The number of nitriles is 1. The minimum Gasteiger partial charge on any atom is -0.372 e. The number of hydrogen-bond acceptors (Lipinski definition) is 3. The van der Waals surface area contributed by atoms with Crippen molar-refractivity contribution in [3.8, 4) is 6.07 Å². The van der Waals surface area contributed by atoms with Gasteiger partial charge in [-0.25, -0.2) is 0 Å². The van der Waals surface area contributed by atoms with Gasteiger partial charge >= 0.3 is 0 Å². The van der Waals surface area contributed by atoms with Crippen LogP contribution in [0, 0.1) is 11.3 Å². The van der Waals surface area contributed by atoms with Gasteiger partial charge in [0, 0.05) is 17.7 Å². The Hall–Kier alpha value is -2.35. The molecule has 1 amide bonds. The zero-order chi connectivity index (χ0) is 16.9. The molecule has 2 aromatic carbocycles. The summed E-state index contributed by atoms with van der Waals surface area (Å²) in [6, 6.07) is 15.9. The van der Waals surface area contributed by atoms with Gasteiger partial charge in [0.15, 0.2) is 0 Å². The number of hydrogen-bond donors (Lipinski definition) is 1. The summed E-state index contributed by atoms with van der Waals surface area (Å²) in [5.74, 6) is -0.257. The van der Waals surface area contributed by atoms with E-state index in [1.807, 2.05) is 31.2 Å². The molecule has 23 heavy (non-hydrogen) atoms. The topological polar surface area (TPSA) is 62.1 Å². The molecular weight excluding hydrogens is 312 g/mol. The number of ether oxygens (including phenoxy) is 1. The third-order valence-corrected chi connectivity index (χ3v) is 3.96. The van der Waals surface area contributed by atoms with Gasteiger partial charge in [-0.3, -0.25) is 4.79 Å². The van der Waals surface area contributed by atoms with Crippen LogP contribution in [0.25, 0.3) is 0 Å². The molecule has 2 aromatic rings. The maximum absolute atomic E-state index is 12.3. The maximum Gasteiger partial charge on any atom is 0.251 e. The first-order valence-electron chi connectivity index (χ1n) is 7.08. The molecule has 0 unspecified atom stereocenters. The van der Waals surface area contributed by atoms with Crippen molar-refractivity contribution in [3.63, 3.8) is 0 Å². The van der Waals surface area contributed by atoms with Crippen LogP contribution in [0.3, 0.4) is 0 Å². The van der Waals surface area contributed by atoms with Crippen LogP contribution in [0.5, 0.6) is 0 Å². The lowest BCUT2D eigenvalue weighted by Gasteiger charge is -2.29. The van der Waals surface area contributed by atoms with Crippen molar-refractivity contribution in [2.45, 2.75) is 12.5 Å². The summed E-state index contributed by atoms with van der Waals surface area (Å²) < 4.78 is 5.58. The minimum absolute atomic E-state index is 0.257. The van der Waals surface area contributed by atoms with Crippen LogP contribution in [0.2, 0.25) is 5.02 Å². The molecule has 0 saturated heterocycles. The van der Waals surface area contributed by atoms with Gasteiger partial charge in [0.05, 0.1) is 18.2 Å². The summed E-state index contributed by atoms with van der Waals surface area (Å²) in [6.07, 6.45) is 0. The van der Waals surface area contributed by atoms with Gasteiger partial charge < -0.3 is 10.1 Å². The van der Waals surface area contributed by atoms with Gasteiger partial charge in [-0.05, 0) is 42.8 Å². The Morgan fingerprint density at radius 3 is 2.70 bits per heavy atom. The highest BCUT2D eigenvalue weighted by Gasteiger charge is 2.27. The smallest absolute Gasteiger partial charge is 0.251 e. The highest BCUT2D eigenvalue weighted by atomic mass is 35.5.